The number of unbranched alkanes of at least 4 members (excludes halogenated alkanes) is 3. The highest BCUT2D eigenvalue weighted by atomic mass is 16.6. The van der Waals surface area contributed by atoms with Gasteiger partial charge in [-0.1, -0.05) is 62.9 Å². The van der Waals surface area contributed by atoms with Crippen LogP contribution >= 0.6 is 0 Å². The highest BCUT2D eigenvalue weighted by Crippen LogP contribution is 2.67. The Balaban J connectivity index is 1.75. The molecule has 2 nitrogen and oxygen atoms in total. The van der Waals surface area contributed by atoms with Crippen molar-refractivity contribution >= 4 is 0 Å². The molecule has 1 aromatic rings. The van der Waals surface area contributed by atoms with Crippen molar-refractivity contribution in [2.24, 2.45) is 11.8 Å². The van der Waals surface area contributed by atoms with Gasteiger partial charge in [0, 0.05) is 17.3 Å². The second-order valence-electron chi connectivity index (χ2n) is 6.07. The predicted molar refractivity (Wildman–Crippen MR) is 75.8 cm³/mol. The molecule has 0 spiro atoms. The van der Waals surface area contributed by atoms with Gasteiger partial charge < -0.3 is 9.84 Å². The Bertz CT molecular complexity index is 417. The summed E-state index contributed by atoms with van der Waals surface area (Å²) in [4.78, 5) is 0. The molecule has 104 valence electrons. The van der Waals surface area contributed by atoms with Crippen LogP contribution in [0, 0.1) is 11.8 Å². The van der Waals surface area contributed by atoms with Gasteiger partial charge in [-0.25, -0.2) is 0 Å². The van der Waals surface area contributed by atoms with Crippen LogP contribution < -0.4 is 0 Å². The predicted octanol–water partition coefficient (Wildman–Crippen LogP) is 3.49. The van der Waals surface area contributed by atoms with Gasteiger partial charge in [-0.2, -0.15) is 0 Å². The van der Waals surface area contributed by atoms with Gasteiger partial charge in [-0.05, 0) is 12.0 Å². The van der Waals surface area contributed by atoms with E-state index in [0.717, 1.165) is 6.61 Å². The fourth-order valence-corrected chi connectivity index (χ4v) is 4.06. The third-order valence-electron chi connectivity index (χ3n) is 5.09. The van der Waals surface area contributed by atoms with Gasteiger partial charge in [0.2, 0.25) is 0 Å². The molecule has 1 saturated carbocycles. The summed E-state index contributed by atoms with van der Waals surface area (Å²) in [6.45, 7) is 2.98. The molecule has 0 amide bonds. The maximum absolute atomic E-state index is 10.0. The molecule has 19 heavy (non-hydrogen) atoms. The minimum Gasteiger partial charge on any atom is -0.368 e. The van der Waals surface area contributed by atoms with Crippen LogP contribution in [0.5, 0.6) is 0 Å². The van der Waals surface area contributed by atoms with Crippen LogP contribution in [-0.2, 0) is 10.2 Å². The zero-order valence-electron chi connectivity index (χ0n) is 11.7. The monoisotopic (exact) mass is 260 g/mol. The lowest BCUT2D eigenvalue weighted by Crippen LogP contribution is -2.24. The first-order valence-corrected chi connectivity index (χ1v) is 7.66. The van der Waals surface area contributed by atoms with Crippen LogP contribution in [0.2, 0.25) is 0 Å². The Morgan fingerprint density at radius 3 is 2.63 bits per heavy atom. The van der Waals surface area contributed by atoms with Gasteiger partial charge in [0.15, 0.2) is 6.29 Å². The van der Waals surface area contributed by atoms with Gasteiger partial charge in [-0.15, -0.1) is 0 Å². The second-order valence-corrected chi connectivity index (χ2v) is 6.07. The molecule has 3 rings (SSSR count). The van der Waals surface area contributed by atoms with Crippen molar-refractivity contribution in [1.29, 1.82) is 0 Å². The number of fused-ring (bicyclic) bond motifs is 1. The molecule has 1 saturated heterocycles. The lowest BCUT2D eigenvalue weighted by atomic mass is 9.85. The van der Waals surface area contributed by atoms with E-state index in [-0.39, 0.29) is 5.41 Å². The summed E-state index contributed by atoms with van der Waals surface area (Å²) in [5.41, 5.74) is 1.61. The van der Waals surface area contributed by atoms with Crippen molar-refractivity contribution in [3.8, 4) is 0 Å². The first-order valence-electron chi connectivity index (χ1n) is 7.66. The van der Waals surface area contributed by atoms with E-state index in [1.807, 2.05) is 0 Å². The van der Waals surface area contributed by atoms with E-state index in [1.54, 1.807) is 0 Å². The number of aliphatic hydroxyl groups is 1. The molecule has 1 N–H and O–H groups in total. The van der Waals surface area contributed by atoms with Gasteiger partial charge in [0.25, 0.3) is 0 Å². The van der Waals surface area contributed by atoms with Crippen molar-refractivity contribution in [2.45, 2.75) is 50.7 Å². The molecule has 0 bridgehead atoms. The van der Waals surface area contributed by atoms with Gasteiger partial charge in [0.1, 0.15) is 0 Å². The van der Waals surface area contributed by atoms with Crippen LogP contribution in [0.25, 0.3) is 0 Å². The minimum atomic E-state index is -0.545. The number of hydrogen-bond donors (Lipinski definition) is 1. The van der Waals surface area contributed by atoms with Gasteiger partial charge >= 0.3 is 0 Å². The number of ether oxygens (including phenoxy) is 1. The fourth-order valence-electron chi connectivity index (χ4n) is 4.06. The molecule has 1 aliphatic carbocycles. The van der Waals surface area contributed by atoms with Crippen molar-refractivity contribution in [3.05, 3.63) is 35.9 Å². The van der Waals surface area contributed by atoms with Crippen molar-refractivity contribution in [2.75, 3.05) is 6.61 Å². The second kappa shape index (κ2) is 5.26. The standard InChI is InChI=1S/C17H24O2/c1-2-3-4-8-11-17(13-9-6-5-7-10-13)14-12-19-16(18)15(14)17/h5-7,9-10,14-16,18H,2-4,8,11-12H2,1H3/t14-,15-,16-,17-/m0/s1. The molecule has 1 heterocycles. The minimum absolute atomic E-state index is 0.201. The van der Waals surface area contributed by atoms with E-state index in [4.69, 9.17) is 4.74 Å². The molecule has 2 fully saturated rings. The Morgan fingerprint density at radius 1 is 1.21 bits per heavy atom. The van der Waals surface area contributed by atoms with E-state index < -0.39 is 6.29 Å². The average molecular weight is 260 g/mol. The summed E-state index contributed by atoms with van der Waals surface area (Å²) in [5, 5.41) is 10.0. The first-order chi connectivity index (χ1) is 9.30. The topological polar surface area (TPSA) is 29.5 Å². The van der Waals surface area contributed by atoms with E-state index in [9.17, 15) is 5.11 Å². The third-order valence-corrected chi connectivity index (χ3v) is 5.09. The van der Waals surface area contributed by atoms with Gasteiger partial charge in [0.05, 0.1) is 6.61 Å². The lowest BCUT2D eigenvalue weighted by molar-refractivity contribution is -0.0927. The molecule has 2 heteroatoms. The molecular formula is C17H24O2. The molecule has 2 aliphatic rings. The first kappa shape index (κ1) is 13.1. The van der Waals surface area contributed by atoms with E-state index in [1.165, 1.54) is 37.7 Å². The summed E-state index contributed by atoms with van der Waals surface area (Å²) < 4.78 is 5.37. The van der Waals surface area contributed by atoms with Crippen LogP contribution in [0.4, 0.5) is 0 Å². The smallest absolute Gasteiger partial charge is 0.158 e. The zero-order valence-corrected chi connectivity index (χ0v) is 11.7. The highest BCUT2D eigenvalue weighted by molar-refractivity contribution is 5.38. The molecule has 4 atom stereocenters. The summed E-state index contributed by atoms with van der Waals surface area (Å²) in [6.07, 6.45) is 5.82. The lowest BCUT2D eigenvalue weighted by Gasteiger charge is -2.23. The molecule has 0 aromatic heterocycles. The molecular weight excluding hydrogens is 236 g/mol. The van der Waals surface area contributed by atoms with E-state index >= 15 is 0 Å². The maximum Gasteiger partial charge on any atom is 0.158 e. The normalized spacial score (nSPS) is 36.2. The fraction of sp³-hybridized carbons (Fsp3) is 0.647. The molecule has 0 radical (unpaired) electrons. The molecule has 0 unspecified atom stereocenters. The van der Waals surface area contributed by atoms with E-state index in [0.29, 0.717) is 11.8 Å². The van der Waals surface area contributed by atoms with Crippen LogP contribution in [0.1, 0.15) is 44.6 Å². The maximum atomic E-state index is 10.0. The van der Waals surface area contributed by atoms with Crippen molar-refractivity contribution < 1.29 is 9.84 Å². The summed E-state index contributed by atoms with van der Waals surface area (Å²) in [7, 11) is 0. The van der Waals surface area contributed by atoms with Crippen LogP contribution in [-0.4, -0.2) is 18.0 Å². The quantitative estimate of drug-likeness (QED) is 0.793. The number of rotatable bonds is 6. The van der Waals surface area contributed by atoms with Crippen LogP contribution in [0.3, 0.4) is 0 Å². The number of hydrogen-bond acceptors (Lipinski definition) is 2. The molecule has 1 aliphatic heterocycles. The highest BCUT2D eigenvalue weighted by Gasteiger charge is 2.70. The van der Waals surface area contributed by atoms with Crippen LogP contribution in [0.15, 0.2) is 30.3 Å². The van der Waals surface area contributed by atoms with Gasteiger partial charge in [-0.3, -0.25) is 0 Å². The zero-order chi connectivity index (χ0) is 13.3. The number of benzene rings is 1. The summed E-state index contributed by atoms with van der Waals surface area (Å²) in [5.74, 6) is 0.864. The summed E-state index contributed by atoms with van der Waals surface area (Å²) >= 11 is 0. The van der Waals surface area contributed by atoms with Crippen molar-refractivity contribution in [1.82, 2.24) is 0 Å². The third kappa shape index (κ3) is 2.11. The Labute approximate surface area is 115 Å². The largest absolute Gasteiger partial charge is 0.368 e. The molecule has 1 aromatic carbocycles. The number of aliphatic hydroxyl groups excluding tert-OH is 1. The SMILES string of the molecule is CCCCCC[C@@]1(c2ccccc2)[C@@H]2[C@@H](O)OC[C@@H]21. The van der Waals surface area contributed by atoms with Crippen molar-refractivity contribution in [3.63, 3.8) is 0 Å². The summed E-state index contributed by atoms with van der Waals surface area (Å²) in [6, 6.07) is 10.8. The Morgan fingerprint density at radius 2 is 2.00 bits per heavy atom. The van der Waals surface area contributed by atoms with E-state index in [2.05, 4.69) is 37.3 Å². The Kier molecular flexibility index (Phi) is 3.64. The Hall–Kier alpha value is -0.860. The average Bonchev–Trinajstić information content (AvgIpc) is 2.94.